The number of hydrogen-bond donors (Lipinski definition) is 1. The lowest BCUT2D eigenvalue weighted by molar-refractivity contribution is -0.117. The van der Waals surface area contributed by atoms with Gasteiger partial charge in [-0.15, -0.1) is 0 Å². The number of benzene rings is 2. The molecule has 0 spiro atoms. The molecular weight excluding hydrogens is 290 g/mol. The molecule has 0 radical (unpaired) electrons. The fourth-order valence-electron chi connectivity index (χ4n) is 2.63. The maximum Gasteiger partial charge on any atom is 0.239 e. The van der Waals surface area contributed by atoms with Crippen LogP contribution in [0.2, 0.25) is 0 Å². The molecule has 5 heteroatoms. The molecule has 0 saturated carbocycles. The van der Waals surface area contributed by atoms with Crippen LogP contribution in [0, 0.1) is 6.92 Å². The van der Waals surface area contributed by atoms with E-state index in [1.807, 2.05) is 30.1 Å². The summed E-state index contributed by atoms with van der Waals surface area (Å²) in [6, 6.07) is 16.2. The van der Waals surface area contributed by atoms with E-state index in [9.17, 15) is 4.79 Å². The Morgan fingerprint density at radius 1 is 1.22 bits per heavy atom. The molecule has 1 amide bonds. The number of carbonyl (C=O) groups excluding carboxylic acids is 1. The largest absolute Gasteiger partial charge is 0.360 e. The van der Waals surface area contributed by atoms with Crippen molar-refractivity contribution in [2.24, 2.45) is 0 Å². The average Bonchev–Trinajstić information content (AvgIpc) is 2.92. The standard InChI is InChI=1S/C18H19N3O2/c1-13-10-17(20-23-13)19-18(22)12-21(2)11-15-8-5-7-14-6-3-4-9-16(14)15/h3-10H,11-12H2,1-2H3,(H,19,20,22). The minimum absolute atomic E-state index is 0.110. The van der Waals surface area contributed by atoms with Gasteiger partial charge in [0.2, 0.25) is 5.91 Å². The van der Waals surface area contributed by atoms with Crippen molar-refractivity contribution in [2.75, 3.05) is 18.9 Å². The fraction of sp³-hybridized carbons (Fsp3) is 0.222. The van der Waals surface area contributed by atoms with Crippen molar-refractivity contribution in [1.82, 2.24) is 10.1 Å². The van der Waals surface area contributed by atoms with E-state index >= 15 is 0 Å². The number of nitrogens with one attached hydrogen (secondary N) is 1. The van der Waals surface area contributed by atoms with Crippen LogP contribution in [0.4, 0.5) is 5.82 Å². The SMILES string of the molecule is Cc1cc(NC(=O)CN(C)Cc2cccc3ccccc23)no1. The van der Waals surface area contributed by atoms with Crippen LogP contribution in [0.3, 0.4) is 0 Å². The summed E-state index contributed by atoms with van der Waals surface area (Å²) < 4.78 is 4.94. The van der Waals surface area contributed by atoms with Crippen LogP contribution in [0.5, 0.6) is 0 Å². The van der Waals surface area contributed by atoms with Crippen molar-refractivity contribution in [3.63, 3.8) is 0 Å². The summed E-state index contributed by atoms with van der Waals surface area (Å²) in [7, 11) is 1.93. The van der Waals surface area contributed by atoms with Gasteiger partial charge < -0.3 is 9.84 Å². The Morgan fingerprint density at radius 2 is 2.00 bits per heavy atom. The van der Waals surface area contributed by atoms with Crippen LogP contribution in [0.1, 0.15) is 11.3 Å². The Morgan fingerprint density at radius 3 is 2.78 bits per heavy atom. The monoisotopic (exact) mass is 309 g/mol. The first-order valence-corrected chi connectivity index (χ1v) is 7.50. The van der Waals surface area contributed by atoms with Gasteiger partial charge in [0.1, 0.15) is 5.76 Å². The summed E-state index contributed by atoms with van der Waals surface area (Å²) in [6.45, 7) is 2.77. The molecule has 0 fully saturated rings. The highest BCUT2D eigenvalue weighted by molar-refractivity contribution is 5.91. The lowest BCUT2D eigenvalue weighted by Gasteiger charge is -2.17. The lowest BCUT2D eigenvalue weighted by Crippen LogP contribution is -2.30. The number of rotatable bonds is 5. The third-order valence-electron chi connectivity index (χ3n) is 3.63. The van der Waals surface area contributed by atoms with E-state index in [0.29, 0.717) is 18.1 Å². The maximum absolute atomic E-state index is 12.1. The van der Waals surface area contributed by atoms with Gasteiger partial charge in [0.25, 0.3) is 0 Å². The van der Waals surface area contributed by atoms with Gasteiger partial charge in [-0.05, 0) is 30.3 Å². The third-order valence-corrected chi connectivity index (χ3v) is 3.63. The first-order chi connectivity index (χ1) is 11.1. The predicted molar refractivity (Wildman–Crippen MR) is 90.2 cm³/mol. The third kappa shape index (κ3) is 3.76. The van der Waals surface area contributed by atoms with E-state index in [2.05, 4.69) is 34.7 Å². The number of likely N-dealkylation sites (N-methyl/N-ethyl adjacent to an activating group) is 1. The lowest BCUT2D eigenvalue weighted by atomic mass is 10.0. The number of anilines is 1. The van der Waals surface area contributed by atoms with E-state index in [-0.39, 0.29) is 12.5 Å². The van der Waals surface area contributed by atoms with Gasteiger partial charge in [0, 0.05) is 12.6 Å². The summed E-state index contributed by atoms with van der Waals surface area (Å²) in [5.74, 6) is 1.01. The molecule has 23 heavy (non-hydrogen) atoms. The summed E-state index contributed by atoms with van der Waals surface area (Å²) in [5, 5.41) is 8.92. The minimum Gasteiger partial charge on any atom is -0.360 e. The van der Waals surface area contributed by atoms with Gasteiger partial charge in [-0.3, -0.25) is 9.69 Å². The number of hydrogen-bond acceptors (Lipinski definition) is 4. The van der Waals surface area contributed by atoms with Gasteiger partial charge in [-0.1, -0.05) is 47.6 Å². The first kappa shape index (κ1) is 15.2. The van der Waals surface area contributed by atoms with Crippen LogP contribution in [-0.2, 0) is 11.3 Å². The van der Waals surface area contributed by atoms with E-state index in [1.54, 1.807) is 13.0 Å². The molecule has 0 bridgehead atoms. The number of aryl methyl sites for hydroxylation is 1. The zero-order chi connectivity index (χ0) is 16.2. The Balaban J connectivity index is 1.64. The molecule has 0 aliphatic carbocycles. The molecule has 0 atom stereocenters. The normalized spacial score (nSPS) is 11.1. The molecule has 1 aromatic heterocycles. The van der Waals surface area contributed by atoms with Crippen LogP contribution < -0.4 is 5.32 Å². The number of amides is 1. The Labute approximate surface area is 134 Å². The quantitative estimate of drug-likeness (QED) is 0.786. The van der Waals surface area contributed by atoms with Crippen molar-refractivity contribution >= 4 is 22.5 Å². The summed E-state index contributed by atoms with van der Waals surface area (Å²) in [4.78, 5) is 14.0. The van der Waals surface area contributed by atoms with Crippen molar-refractivity contribution in [3.8, 4) is 0 Å². The maximum atomic E-state index is 12.1. The van der Waals surface area contributed by atoms with Crippen molar-refractivity contribution in [3.05, 3.63) is 59.9 Å². The zero-order valence-electron chi connectivity index (χ0n) is 13.2. The molecular formula is C18H19N3O2. The van der Waals surface area contributed by atoms with Crippen molar-refractivity contribution < 1.29 is 9.32 Å². The topological polar surface area (TPSA) is 58.4 Å². The Hall–Kier alpha value is -2.66. The molecule has 0 aliphatic rings. The summed E-state index contributed by atoms with van der Waals surface area (Å²) >= 11 is 0. The predicted octanol–water partition coefficient (Wildman–Crippen LogP) is 3.21. The molecule has 0 unspecified atom stereocenters. The molecule has 0 aliphatic heterocycles. The van der Waals surface area contributed by atoms with E-state index in [1.165, 1.54) is 16.3 Å². The van der Waals surface area contributed by atoms with Crippen LogP contribution >= 0.6 is 0 Å². The van der Waals surface area contributed by atoms with E-state index in [0.717, 1.165) is 0 Å². The number of carbonyl (C=O) groups is 1. The highest BCUT2D eigenvalue weighted by atomic mass is 16.5. The molecule has 3 aromatic rings. The molecule has 0 saturated heterocycles. The summed E-state index contributed by atoms with van der Waals surface area (Å²) in [5.41, 5.74) is 1.20. The molecule has 118 valence electrons. The van der Waals surface area contributed by atoms with Crippen molar-refractivity contribution in [1.29, 1.82) is 0 Å². The van der Waals surface area contributed by atoms with E-state index < -0.39 is 0 Å². The van der Waals surface area contributed by atoms with Crippen LogP contribution in [0.15, 0.2) is 53.1 Å². The molecule has 2 aromatic carbocycles. The second kappa shape index (κ2) is 6.62. The zero-order valence-corrected chi connectivity index (χ0v) is 13.2. The van der Waals surface area contributed by atoms with E-state index in [4.69, 9.17) is 4.52 Å². The number of aromatic nitrogens is 1. The average molecular weight is 309 g/mol. The molecule has 5 nitrogen and oxygen atoms in total. The van der Waals surface area contributed by atoms with Gasteiger partial charge >= 0.3 is 0 Å². The van der Waals surface area contributed by atoms with Gasteiger partial charge in [-0.2, -0.15) is 0 Å². The second-order valence-corrected chi connectivity index (χ2v) is 5.68. The Bertz CT molecular complexity index is 821. The number of fused-ring (bicyclic) bond motifs is 1. The highest BCUT2D eigenvalue weighted by Crippen LogP contribution is 2.19. The molecule has 1 heterocycles. The van der Waals surface area contributed by atoms with Crippen LogP contribution in [-0.4, -0.2) is 29.6 Å². The molecule has 3 rings (SSSR count). The first-order valence-electron chi connectivity index (χ1n) is 7.50. The van der Waals surface area contributed by atoms with Crippen LogP contribution in [0.25, 0.3) is 10.8 Å². The second-order valence-electron chi connectivity index (χ2n) is 5.68. The Kier molecular flexibility index (Phi) is 4.39. The van der Waals surface area contributed by atoms with Gasteiger partial charge in [-0.25, -0.2) is 0 Å². The molecule has 1 N–H and O–H groups in total. The highest BCUT2D eigenvalue weighted by Gasteiger charge is 2.11. The van der Waals surface area contributed by atoms with Gasteiger partial charge in [0.15, 0.2) is 5.82 Å². The number of nitrogens with zero attached hydrogens (tertiary/aromatic N) is 2. The van der Waals surface area contributed by atoms with Gasteiger partial charge in [0.05, 0.1) is 6.54 Å². The summed E-state index contributed by atoms with van der Waals surface area (Å²) in [6.07, 6.45) is 0. The minimum atomic E-state index is -0.110. The smallest absolute Gasteiger partial charge is 0.239 e. The fourth-order valence-corrected chi connectivity index (χ4v) is 2.63. The van der Waals surface area contributed by atoms with Crippen molar-refractivity contribution in [2.45, 2.75) is 13.5 Å².